The third kappa shape index (κ3) is 4.76. The van der Waals surface area contributed by atoms with Crippen LogP contribution in [-0.4, -0.2) is 52.2 Å². The Morgan fingerprint density at radius 2 is 1.94 bits per heavy atom. The summed E-state index contributed by atoms with van der Waals surface area (Å²) >= 11 is 0. The highest BCUT2D eigenvalue weighted by Crippen LogP contribution is 2.09. The molecule has 1 amide bonds. The van der Waals surface area contributed by atoms with Crippen molar-refractivity contribution in [3.8, 4) is 0 Å². The molecule has 100 valence electrons. The minimum Gasteiger partial charge on any atom is -0.341 e. The molecule has 0 radical (unpaired) electrons. The second kappa shape index (κ2) is 7.11. The van der Waals surface area contributed by atoms with Crippen molar-refractivity contribution in [2.75, 3.05) is 25.9 Å². The maximum atomic E-state index is 12.0. The molecule has 0 aromatic carbocycles. The van der Waals surface area contributed by atoms with Gasteiger partial charge >= 0.3 is 0 Å². The maximum Gasteiger partial charge on any atom is 0.239 e. The standard InChI is InChI=1S/C12H24N2O2S/c1-10(17(3)16)6-7-13-11(2)12(15)14-8-4-5-9-14/h10-11,13H,4-9H2,1-3H3. The van der Waals surface area contributed by atoms with Gasteiger partial charge in [-0.3, -0.25) is 9.00 Å². The van der Waals surface area contributed by atoms with Crippen molar-refractivity contribution in [1.29, 1.82) is 0 Å². The molecule has 0 aliphatic carbocycles. The molecule has 1 saturated heterocycles. The maximum absolute atomic E-state index is 12.0. The zero-order chi connectivity index (χ0) is 12.8. The van der Waals surface area contributed by atoms with Gasteiger partial charge in [0.2, 0.25) is 5.91 Å². The van der Waals surface area contributed by atoms with E-state index in [1.807, 2.05) is 18.7 Å². The highest BCUT2D eigenvalue weighted by molar-refractivity contribution is 7.84. The normalized spacial score (nSPS) is 21.2. The van der Waals surface area contributed by atoms with E-state index in [9.17, 15) is 9.00 Å². The van der Waals surface area contributed by atoms with Gasteiger partial charge in [-0.2, -0.15) is 0 Å². The van der Waals surface area contributed by atoms with Crippen molar-refractivity contribution in [2.45, 2.75) is 44.4 Å². The molecule has 0 saturated carbocycles. The Balaban J connectivity index is 2.22. The van der Waals surface area contributed by atoms with Crippen LogP contribution in [0.5, 0.6) is 0 Å². The number of amides is 1. The van der Waals surface area contributed by atoms with Gasteiger partial charge in [-0.15, -0.1) is 0 Å². The highest BCUT2D eigenvalue weighted by Gasteiger charge is 2.22. The summed E-state index contributed by atoms with van der Waals surface area (Å²) in [5, 5.41) is 3.41. The predicted octanol–water partition coefficient (Wildman–Crippen LogP) is 0.744. The second-order valence-corrected chi connectivity index (χ2v) is 6.61. The van der Waals surface area contributed by atoms with Crippen LogP contribution in [0.15, 0.2) is 0 Å². The fourth-order valence-electron chi connectivity index (χ4n) is 1.97. The van der Waals surface area contributed by atoms with E-state index in [-0.39, 0.29) is 17.2 Å². The van der Waals surface area contributed by atoms with Gasteiger partial charge in [0.05, 0.1) is 6.04 Å². The average Bonchev–Trinajstić information content (AvgIpc) is 2.80. The van der Waals surface area contributed by atoms with E-state index in [4.69, 9.17) is 0 Å². The monoisotopic (exact) mass is 260 g/mol. The topological polar surface area (TPSA) is 49.4 Å². The van der Waals surface area contributed by atoms with Crippen molar-refractivity contribution < 1.29 is 9.00 Å². The number of rotatable bonds is 6. The Bertz CT molecular complexity index is 278. The molecule has 17 heavy (non-hydrogen) atoms. The lowest BCUT2D eigenvalue weighted by atomic mass is 10.2. The van der Waals surface area contributed by atoms with Crippen LogP contribution in [-0.2, 0) is 15.6 Å². The van der Waals surface area contributed by atoms with Crippen molar-refractivity contribution >= 4 is 16.7 Å². The van der Waals surface area contributed by atoms with Crippen LogP contribution in [0.3, 0.4) is 0 Å². The van der Waals surface area contributed by atoms with E-state index in [1.165, 1.54) is 0 Å². The number of nitrogens with one attached hydrogen (secondary N) is 1. The Kier molecular flexibility index (Phi) is 6.12. The third-order valence-corrected chi connectivity index (χ3v) is 4.73. The molecule has 1 rings (SSSR count). The first-order valence-corrected chi connectivity index (χ1v) is 7.99. The van der Waals surface area contributed by atoms with Crippen LogP contribution in [0.2, 0.25) is 0 Å². The summed E-state index contributed by atoms with van der Waals surface area (Å²) in [5.74, 6) is 0.202. The summed E-state index contributed by atoms with van der Waals surface area (Å²) in [5.41, 5.74) is 0. The molecule has 3 atom stereocenters. The van der Waals surface area contributed by atoms with E-state index in [0.717, 1.165) is 38.9 Å². The summed E-state index contributed by atoms with van der Waals surface area (Å²) in [4.78, 5) is 13.9. The van der Waals surface area contributed by atoms with E-state index < -0.39 is 10.8 Å². The van der Waals surface area contributed by atoms with Crippen molar-refractivity contribution in [3.63, 3.8) is 0 Å². The Hall–Kier alpha value is -0.420. The Morgan fingerprint density at radius 3 is 2.47 bits per heavy atom. The van der Waals surface area contributed by atoms with Gasteiger partial charge in [0.15, 0.2) is 0 Å². The molecular formula is C12H24N2O2S. The van der Waals surface area contributed by atoms with Crippen LogP contribution < -0.4 is 5.32 Å². The largest absolute Gasteiger partial charge is 0.341 e. The van der Waals surface area contributed by atoms with Crippen LogP contribution in [0, 0.1) is 0 Å². The van der Waals surface area contributed by atoms with Crippen LogP contribution in [0.25, 0.3) is 0 Å². The van der Waals surface area contributed by atoms with Gasteiger partial charge in [0, 0.05) is 35.4 Å². The molecule has 3 unspecified atom stereocenters. The molecule has 1 aliphatic heterocycles. The minimum atomic E-state index is -0.773. The third-order valence-electron chi connectivity index (χ3n) is 3.36. The number of hydrogen-bond donors (Lipinski definition) is 1. The Morgan fingerprint density at radius 1 is 1.35 bits per heavy atom. The number of hydrogen-bond acceptors (Lipinski definition) is 3. The number of nitrogens with zero attached hydrogens (tertiary/aromatic N) is 1. The first-order chi connectivity index (χ1) is 8.02. The van der Waals surface area contributed by atoms with Crippen molar-refractivity contribution in [3.05, 3.63) is 0 Å². The molecule has 0 aromatic heterocycles. The minimum absolute atomic E-state index is 0.120. The summed E-state index contributed by atoms with van der Waals surface area (Å²) in [7, 11) is -0.773. The molecule has 1 N–H and O–H groups in total. The fraction of sp³-hybridized carbons (Fsp3) is 0.917. The summed E-state index contributed by atoms with van der Waals surface area (Å²) in [6, 6.07) is -0.120. The second-order valence-electron chi connectivity index (χ2n) is 4.81. The van der Waals surface area contributed by atoms with E-state index in [1.54, 1.807) is 6.26 Å². The molecule has 0 spiro atoms. The molecule has 5 heteroatoms. The van der Waals surface area contributed by atoms with Gasteiger partial charge in [-0.05, 0) is 32.7 Å². The quantitative estimate of drug-likeness (QED) is 0.766. The lowest BCUT2D eigenvalue weighted by Gasteiger charge is -2.21. The number of likely N-dealkylation sites (tertiary alicyclic amines) is 1. The van der Waals surface area contributed by atoms with Gasteiger partial charge in [0.1, 0.15) is 0 Å². The lowest BCUT2D eigenvalue weighted by Crippen LogP contribution is -2.44. The number of carbonyl (C=O) groups excluding carboxylic acids is 1. The van der Waals surface area contributed by atoms with Crippen LogP contribution in [0.1, 0.15) is 33.1 Å². The van der Waals surface area contributed by atoms with Gasteiger partial charge in [-0.1, -0.05) is 6.92 Å². The SMILES string of the molecule is CC(NCCC(C)S(C)=O)C(=O)N1CCCC1. The summed E-state index contributed by atoms with van der Waals surface area (Å²) in [6.45, 7) is 6.45. The average molecular weight is 260 g/mol. The Labute approximate surface area is 107 Å². The first-order valence-electron chi connectivity index (χ1n) is 6.36. The lowest BCUT2D eigenvalue weighted by molar-refractivity contribution is -0.131. The number of carbonyl (C=O) groups is 1. The van der Waals surface area contributed by atoms with E-state index in [2.05, 4.69) is 5.32 Å². The van der Waals surface area contributed by atoms with Crippen molar-refractivity contribution in [2.24, 2.45) is 0 Å². The zero-order valence-electron chi connectivity index (χ0n) is 11.1. The molecule has 1 aliphatic rings. The van der Waals surface area contributed by atoms with Gasteiger partial charge in [0.25, 0.3) is 0 Å². The summed E-state index contributed by atoms with van der Waals surface area (Å²) in [6.07, 6.45) is 4.83. The molecule has 0 bridgehead atoms. The zero-order valence-corrected chi connectivity index (χ0v) is 11.9. The van der Waals surface area contributed by atoms with Gasteiger partial charge < -0.3 is 10.2 Å². The van der Waals surface area contributed by atoms with Crippen LogP contribution >= 0.6 is 0 Å². The van der Waals surface area contributed by atoms with Crippen molar-refractivity contribution in [1.82, 2.24) is 10.2 Å². The molecule has 1 heterocycles. The first kappa shape index (κ1) is 14.6. The molecular weight excluding hydrogens is 236 g/mol. The molecule has 1 fully saturated rings. The van der Waals surface area contributed by atoms with Gasteiger partial charge in [-0.25, -0.2) is 0 Å². The molecule has 4 nitrogen and oxygen atoms in total. The highest BCUT2D eigenvalue weighted by atomic mass is 32.2. The smallest absolute Gasteiger partial charge is 0.239 e. The fourth-order valence-corrected chi connectivity index (χ4v) is 2.42. The van der Waals surface area contributed by atoms with E-state index >= 15 is 0 Å². The predicted molar refractivity (Wildman–Crippen MR) is 71.4 cm³/mol. The van der Waals surface area contributed by atoms with E-state index in [0.29, 0.717) is 0 Å². The van der Waals surface area contributed by atoms with Crippen LogP contribution in [0.4, 0.5) is 0 Å². The summed E-state index contributed by atoms with van der Waals surface area (Å²) < 4.78 is 11.2. The molecule has 0 aromatic rings.